The van der Waals surface area contributed by atoms with Crippen molar-refractivity contribution in [2.75, 3.05) is 0 Å². The lowest BCUT2D eigenvalue weighted by Gasteiger charge is -2.12. The van der Waals surface area contributed by atoms with Crippen molar-refractivity contribution in [2.24, 2.45) is 5.92 Å². The van der Waals surface area contributed by atoms with Gasteiger partial charge in [0.25, 0.3) is 0 Å². The third-order valence-electron chi connectivity index (χ3n) is 2.93. The molecule has 1 atom stereocenters. The van der Waals surface area contributed by atoms with Gasteiger partial charge in [0.2, 0.25) is 0 Å². The second-order valence-electron chi connectivity index (χ2n) is 4.43. The van der Waals surface area contributed by atoms with Crippen LogP contribution in [-0.4, -0.2) is 16.1 Å². The molecule has 0 amide bonds. The van der Waals surface area contributed by atoms with Crippen LogP contribution in [0.4, 0.5) is 0 Å². The van der Waals surface area contributed by atoms with E-state index < -0.39 is 11.9 Å². The predicted molar refractivity (Wildman–Crippen MR) is 74.2 cm³/mol. The zero-order valence-electron chi connectivity index (χ0n) is 10.3. The van der Waals surface area contributed by atoms with Crippen LogP contribution in [0.15, 0.2) is 48.8 Å². The Labute approximate surface area is 116 Å². The number of benzene rings is 1. The number of halogens is 1. The first-order chi connectivity index (χ1) is 9.15. The molecule has 3 nitrogen and oxygen atoms in total. The van der Waals surface area contributed by atoms with Crippen LogP contribution in [0.3, 0.4) is 0 Å². The quantitative estimate of drug-likeness (QED) is 0.911. The van der Waals surface area contributed by atoms with E-state index in [-0.39, 0.29) is 0 Å². The molecule has 0 bridgehead atoms. The third-order valence-corrected chi connectivity index (χ3v) is 3.16. The van der Waals surface area contributed by atoms with Gasteiger partial charge in [-0.05, 0) is 42.2 Å². The van der Waals surface area contributed by atoms with Gasteiger partial charge in [0.15, 0.2) is 0 Å². The Morgan fingerprint density at radius 1 is 1.21 bits per heavy atom. The fourth-order valence-electron chi connectivity index (χ4n) is 2.00. The van der Waals surface area contributed by atoms with Gasteiger partial charge >= 0.3 is 5.97 Å². The molecule has 0 aliphatic heterocycles. The Morgan fingerprint density at radius 2 is 1.95 bits per heavy atom. The molecule has 0 aliphatic carbocycles. The maximum atomic E-state index is 11.3. The number of carboxylic acids is 1. The highest BCUT2D eigenvalue weighted by Gasteiger charge is 2.18. The summed E-state index contributed by atoms with van der Waals surface area (Å²) >= 11 is 5.91. The maximum absolute atomic E-state index is 11.3. The SMILES string of the molecule is O=C(O)C(Cc1cccnc1)Cc1cccc(Cl)c1. The second-order valence-corrected chi connectivity index (χ2v) is 4.87. The molecule has 2 aromatic rings. The lowest BCUT2D eigenvalue weighted by Crippen LogP contribution is -2.19. The topological polar surface area (TPSA) is 50.2 Å². The van der Waals surface area contributed by atoms with Gasteiger partial charge in [-0.2, -0.15) is 0 Å². The predicted octanol–water partition coefficient (Wildman–Crippen LogP) is 3.22. The van der Waals surface area contributed by atoms with E-state index in [0.717, 1.165) is 11.1 Å². The van der Waals surface area contributed by atoms with Crippen molar-refractivity contribution in [3.05, 3.63) is 64.9 Å². The first-order valence-corrected chi connectivity index (χ1v) is 6.39. The van der Waals surface area contributed by atoms with Crippen molar-refractivity contribution in [1.82, 2.24) is 4.98 Å². The summed E-state index contributed by atoms with van der Waals surface area (Å²) in [6.07, 6.45) is 4.31. The van der Waals surface area contributed by atoms with Crippen molar-refractivity contribution in [3.8, 4) is 0 Å². The summed E-state index contributed by atoms with van der Waals surface area (Å²) in [7, 11) is 0. The minimum atomic E-state index is -0.802. The summed E-state index contributed by atoms with van der Waals surface area (Å²) in [4.78, 5) is 15.3. The minimum absolute atomic E-state index is 0.463. The number of carboxylic acid groups (broad SMARTS) is 1. The Bertz CT molecular complexity index is 557. The van der Waals surface area contributed by atoms with Crippen molar-refractivity contribution >= 4 is 17.6 Å². The fraction of sp³-hybridized carbons (Fsp3) is 0.200. The summed E-state index contributed by atoms with van der Waals surface area (Å²) in [5.74, 6) is -1.27. The summed E-state index contributed by atoms with van der Waals surface area (Å²) in [6, 6.07) is 11.0. The average molecular weight is 276 g/mol. The molecule has 0 radical (unpaired) electrons. The van der Waals surface area contributed by atoms with Crippen molar-refractivity contribution < 1.29 is 9.90 Å². The van der Waals surface area contributed by atoms with Gasteiger partial charge in [-0.3, -0.25) is 9.78 Å². The Kier molecular flexibility index (Phi) is 4.53. The normalized spacial score (nSPS) is 12.1. The molecule has 19 heavy (non-hydrogen) atoms. The van der Waals surface area contributed by atoms with Gasteiger partial charge < -0.3 is 5.11 Å². The third kappa shape index (κ3) is 4.07. The van der Waals surface area contributed by atoms with Crippen LogP contribution in [-0.2, 0) is 17.6 Å². The van der Waals surface area contributed by atoms with Gasteiger partial charge in [-0.15, -0.1) is 0 Å². The first kappa shape index (κ1) is 13.6. The molecule has 0 spiro atoms. The van der Waals surface area contributed by atoms with E-state index in [2.05, 4.69) is 4.98 Å². The van der Waals surface area contributed by atoms with Gasteiger partial charge in [-0.1, -0.05) is 29.8 Å². The van der Waals surface area contributed by atoms with Crippen LogP contribution < -0.4 is 0 Å². The maximum Gasteiger partial charge on any atom is 0.307 e. The molecule has 1 aromatic carbocycles. The second kappa shape index (κ2) is 6.34. The zero-order chi connectivity index (χ0) is 13.7. The highest BCUT2D eigenvalue weighted by molar-refractivity contribution is 6.30. The lowest BCUT2D eigenvalue weighted by atomic mass is 9.93. The van der Waals surface area contributed by atoms with E-state index in [0.29, 0.717) is 17.9 Å². The van der Waals surface area contributed by atoms with E-state index in [1.54, 1.807) is 24.5 Å². The van der Waals surface area contributed by atoms with E-state index in [4.69, 9.17) is 11.6 Å². The fourth-order valence-corrected chi connectivity index (χ4v) is 2.21. The molecule has 0 saturated carbocycles. The monoisotopic (exact) mass is 275 g/mol. The smallest absolute Gasteiger partial charge is 0.307 e. The molecule has 1 N–H and O–H groups in total. The highest BCUT2D eigenvalue weighted by atomic mass is 35.5. The molecule has 4 heteroatoms. The van der Waals surface area contributed by atoms with E-state index in [9.17, 15) is 9.90 Å². The minimum Gasteiger partial charge on any atom is -0.481 e. The summed E-state index contributed by atoms with van der Waals surface area (Å²) in [5, 5.41) is 9.94. The van der Waals surface area contributed by atoms with Crippen LogP contribution in [0.2, 0.25) is 5.02 Å². The largest absolute Gasteiger partial charge is 0.481 e. The average Bonchev–Trinajstić information content (AvgIpc) is 2.39. The molecular weight excluding hydrogens is 262 g/mol. The number of aromatic nitrogens is 1. The van der Waals surface area contributed by atoms with Gasteiger partial charge in [-0.25, -0.2) is 0 Å². The Balaban J connectivity index is 2.11. The van der Waals surface area contributed by atoms with Crippen molar-refractivity contribution in [1.29, 1.82) is 0 Å². The molecule has 1 unspecified atom stereocenters. The van der Waals surface area contributed by atoms with E-state index in [1.807, 2.05) is 24.3 Å². The summed E-state index contributed by atoms with van der Waals surface area (Å²) in [5.41, 5.74) is 1.86. The highest BCUT2D eigenvalue weighted by Crippen LogP contribution is 2.17. The van der Waals surface area contributed by atoms with Crippen LogP contribution in [0.5, 0.6) is 0 Å². The van der Waals surface area contributed by atoms with E-state index in [1.165, 1.54) is 0 Å². The van der Waals surface area contributed by atoms with Crippen molar-refractivity contribution in [2.45, 2.75) is 12.8 Å². The van der Waals surface area contributed by atoms with Gasteiger partial charge in [0.05, 0.1) is 5.92 Å². The number of hydrogen-bond acceptors (Lipinski definition) is 2. The number of aliphatic carboxylic acids is 1. The Morgan fingerprint density at radius 3 is 2.58 bits per heavy atom. The van der Waals surface area contributed by atoms with E-state index >= 15 is 0 Å². The number of nitrogens with zero attached hydrogens (tertiary/aromatic N) is 1. The van der Waals surface area contributed by atoms with Gasteiger partial charge in [0.1, 0.15) is 0 Å². The number of carbonyl (C=O) groups is 1. The Hall–Kier alpha value is -1.87. The van der Waals surface area contributed by atoms with Gasteiger partial charge in [0, 0.05) is 17.4 Å². The van der Waals surface area contributed by atoms with Crippen LogP contribution >= 0.6 is 11.6 Å². The molecule has 0 saturated heterocycles. The number of pyridine rings is 1. The molecule has 98 valence electrons. The van der Waals surface area contributed by atoms with Crippen molar-refractivity contribution in [3.63, 3.8) is 0 Å². The first-order valence-electron chi connectivity index (χ1n) is 6.01. The molecule has 1 aromatic heterocycles. The summed E-state index contributed by atoms with van der Waals surface area (Å²) < 4.78 is 0. The van der Waals surface area contributed by atoms with Crippen LogP contribution in [0.25, 0.3) is 0 Å². The molecule has 0 fully saturated rings. The zero-order valence-corrected chi connectivity index (χ0v) is 11.0. The standard InChI is InChI=1S/C15H14ClNO2/c16-14-5-1-3-11(9-14)7-13(15(18)19)8-12-4-2-6-17-10-12/h1-6,9-10,13H,7-8H2,(H,18,19). The molecule has 2 rings (SSSR count). The summed E-state index contributed by atoms with van der Waals surface area (Å²) in [6.45, 7) is 0. The van der Waals surface area contributed by atoms with Crippen LogP contribution in [0.1, 0.15) is 11.1 Å². The molecule has 1 heterocycles. The number of hydrogen-bond donors (Lipinski definition) is 1. The molecule has 0 aliphatic rings. The lowest BCUT2D eigenvalue weighted by molar-refractivity contribution is -0.141. The molecular formula is C15H14ClNO2. The van der Waals surface area contributed by atoms with Crippen LogP contribution in [0, 0.1) is 5.92 Å². The number of rotatable bonds is 5.